The van der Waals surface area contributed by atoms with Crippen LogP contribution in [0.1, 0.15) is 30.1 Å². The SMILES string of the molecule is COc1ccccc1C(=O)Oc1ccc(N2C(=O)C3CC=C(C)CC3C2=O)cc1. The molecule has 2 atom stereocenters. The van der Waals surface area contributed by atoms with E-state index in [-0.39, 0.29) is 23.7 Å². The highest BCUT2D eigenvalue weighted by Gasteiger charge is 2.48. The van der Waals surface area contributed by atoms with E-state index >= 15 is 0 Å². The summed E-state index contributed by atoms with van der Waals surface area (Å²) in [4.78, 5) is 39.2. The lowest BCUT2D eigenvalue weighted by Gasteiger charge is -2.18. The van der Waals surface area contributed by atoms with Gasteiger partial charge >= 0.3 is 5.97 Å². The van der Waals surface area contributed by atoms with Gasteiger partial charge < -0.3 is 9.47 Å². The number of hydrogen-bond donors (Lipinski definition) is 0. The number of hydrogen-bond acceptors (Lipinski definition) is 5. The van der Waals surface area contributed by atoms with E-state index in [1.807, 2.05) is 13.0 Å². The topological polar surface area (TPSA) is 72.9 Å². The van der Waals surface area contributed by atoms with E-state index in [1.54, 1.807) is 48.5 Å². The number of esters is 1. The minimum Gasteiger partial charge on any atom is -0.496 e. The molecule has 6 nitrogen and oxygen atoms in total. The van der Waals surface area contributed by atoms with Gasteiger partial charge in [0.1, 0.15) is 17.1 Å². The maximum atomic E-state index is 12.8. The molecule has 148 valence electrons. The van der Waals surface area contributed by atoms with Gasteiger partial charge in [0.05, 0.1) is 24.6 Å². The third-order valence-electron chi connectivity index (χ3n) is 5.46. The standard InChI is InChI=1S/C23H21NO5/c1-14-7-12-17-19(13-14)22(26)24(21(17)25)15-8-10-16(11-9-15)29-23(27)18-5-3-4-6-20(18)28-2/h3-11,17,19H,12-13H2,1-2H3. The monoisotopic (exact) mass is 391 g/mol. The Morgan fingerprint density at radius 1 is 1.00 bits per heavy atom. The second kappa shape index (κ2) is 7.54. The first-order valence-electron chi connectivity index (χ1n) is 9.48. The van der Waals surface area contributed by atoms with Crippen molar-refractivity contribution in [2.45, 2.75) is 19.8 Å². The zero-order valence-electron chi connectivity index (χ0n) is 16.3. The summed E-state index contributed by atoms with van der Waals surface area (Å²) in [6.45, 7) is 1.99. The first-order valence-corrected chi connectivity index (χ1v) is 9.48. The van der Waals surface area contributed by atoms with Crippen molar-refractivity contribution in [3.8, 4) is 11.5 Å². The number of rotatable bonds is 4. The zero-order valence-corrected chi connectivity index (χ0v) is 16.3. The summed E-state index contributed by atoms with van der Waals surface area (Å²) < 4.78 is 10.6. The summed E-state index contributed by atoms with van der Waals surface area (Å²) >= 11 is 0. The number of imide groups is 1. The first kappa shape index (κ1) is 18.9. The van der Waals surface area contributed by atoms with E-state index < -0.39 is 5.97 Å². The summed E-state index contributed by atoms with van der Waals surface area (Å²) in [5.74, 6) is -0.692. The molecule has 0 radical (unpaired) electrons. The minimum atomic E-state index is -0.545. The molecule has 29 heavy (non-hydrogen) atoms. The Kier molecular flexibility index (Phi) is 4.92. The Bertz CT molecular complexity index is 1010. The van der Waals surface area contributed by atoms with Crippen molar-refractivity contribution in [1.29, 1.82) is 0 Å². The van der Waals surface area contributed by atoms with Crippen molar-refractivity contribution < 1.29 is 23.9 Å². The van der Waals surface area contributed by atoms with Gasteiger partial charge in [-0.05, 0) is 56.2 Å². The van der Waals surface area contributed by atoms with E-state index in [2.05, 4.69) is 0 Å². The highest BCUT2D eigenvalue weighted by molar-refractivity contribution is 6.22. The van der Waals surface area contributed by atoms with E-state index in [4.69, 9.17) is 9.47 Å². The summed E-state index contributed by atoms with van der Waals surface area (Å²) in [5, 5.41) is 0. The molecule has 6 heteroatoms. The fraction of sp³-hybridized carbons (Fsp3) is 0.261. The van der Waals surface area contributed by atoms with Crippen LogP contribution in [0, 0.1) is 11.8 Å². The number of methoxy groups -OCH3 is 1. The van der Waals surface area contributed by atoms with Gasteiger partial charge in [-0.3, -0.25) is 14.5 Å². The van der Waals surface area contributed by atoms with E-state index in [1.165, 1.54) is 12.0 Å². The number of carbonyl (C=O) groups excluding carboxylic acids is 3. The van der Waals surface area contributed by atoms with Crippen molar-refractivity contribution in [3.63, 3.8) is 0 Å². The van der Waals surface area contributed by atoms with Crippen LogP contribution in [0.3, 0.4) is 0 Å². The number of benzene rings is 2. The second-order valence-corrected chi connectivity index (χ2v) is 7.30. The van der Waals surface area contributed by atoms with Gasteiger partial charge in [-0.2, -0.15) is 0 Å². The van der Waals surface area contributed by atoms with Gasteiger partial charge in [-0.1, -0.05) is 23.8 Å². The van der Waals surface area contributed by atoms with Crippen LogP contribution < -0.4 is 14.4 Å². The number of ether oxygens (including phenoxy) is 2. The number of para-hydroxylation sites is 1. The lowest BCUT2D eigenvalue weighted by atomic mass is 9.82. The normalized spacial score (nSPS) is 20.9. The molecular formula is C23H21NO5. The van der Waals surface area contributed by atoms with Crippen LogP contribution >= 0.6 is 0 Å². The smallest absolute Gasteiger partial charge is 0.347 e. The highest BCUT2D eigenvalue weighted by atomic mass is 16.5. The van der Waals surface area contributed by atoms with Crippen LogP contribution in [0.2, 0.25) is 0 Å². The number of allylic oxidation sites excluding steroid dienone is 2. The fourth-order valence-corrected chi connectivity index (χ4v) is 3.93. The summed E-state index contributed by atoms with van der Waals surface area (Å²) in [5.41, 5.74) is 1.95. The van der Waals surface area contributed by atoms with Crippen LogP contribution in [0.4, 0.5) is 5.69 Å². The third kappa shape index (κ3) is 3.42. The van der Waals surface area contributed by atoms with Crippen LogP contribution in [0.15, 0.2) is 60.2 Å². The van der Waals surface area contributed by atoms with Crippen molar-refractivity contribution in [2.75, 3.05) is 12.0 Å². The number of anilines is 1. The molecule has 0 N–H and O–H groups in total. The second-order valence-electron chi connectivity index (χ2n) is 7.30. The molecule has 1 saturated heterocycles. The zero-order chi connectivity index (χ0) is 20.5. The molecule has 0 spiro atoms. The maximum Gasteiger partial charge on any atom is 0.347 e. The molecule has 1 fully saturated rings. The molecule has 4 rings (SSSR count). The van der Waals surface area contributed by atoms with Crippen molar-refractivity contribution in [1.82, 2.24) is 0 Å². The largest absolute Gasteiger partial charge is 0.496 e. The molecule has 1 aliphatic carbocycles. The molecular weight excluding hydrogens is 370 g/mol. The quantitative estimate of drug-likeness (QED) is 0.343. The lowest BCUT2D eigenvalue weighted by molar-refractivity contribution is -0.122. The van der Waals surface area contributed by atoms with Crippen molar-refractivity contribution in [3.05, 3.63) is 65.7 Å². The van der Waals surface area contributed by atoms with Gasteiger partial charge in [0, 0.05) is 0 Å². The molecule has 0 saturated carbocycles. The molecule has 0 aromatic heterocycles. The summed E-state index contributed by atoms with van der Waals surface area (Å²) in [7, 11) is 1.49. The molecule has 2 aromatic rings. The number of amides is 2. The molecule has 1 heterocycles. The van der Waals surface area contributed by atoms with E-state index in [0.29, 0.717) is 35.6 Å². The average molecular weight is 391 g/mol. The molecule has 2 aliphatic rings. The highest BCUT2D eigenvalue weighted by Crippen LogP contribution is 2.40. The number of fused-ring (bicyclic) bond motifs is 1. The van der Waals surface area contributed by atoms with Crippen LogP contribution in [0.5, 0.6) is 11.5 Å². The molecule has 2 aromatic carbocycles. The Morgan fingerprint density at radius 2 is 1.69 bits per heavy atom. The minimum absolute atomic E-state index is 0.161. The molecule has 2 amide bonds. The Morgan fingerprint density at radius 3 is 2.41 bits per heavy atom. The van der Waals surface area contributed by atoms with Crippen LogP contribution in [-0.2, 0) is 9.59 Å². The molecule has 2 unspecified atom stereocenters. The summed E-state index contributed by atoms with van der Waals surface area (Å²) in [6, 6.07) is 13.2. The van der Waals surface area contributed by atoms with E-state index in [0.717, 1.165) is 5.57 Å². The average Bonchev–Trinajstić information content (AvgIpc) is 2.98. The molecule has 1 aliphatic heterocycles. The first-order chi connectivity index (χ1) is 14.0. The van der Waals surface area contributed by atoms with Gasteiger partial charge in [0.15, 0.2) is 0 Å². The third-order valence-corrected chi connectivity index (χ3v) is 5.46. The van der Waals surface area contributed by atoms with Gasteiger partial charge in [-0.25, -0.2) is 4.79 Å². The lowest BCUT2D eigenvalue weighted by Crippen LogP contribution is -2.30. The fourth-order valence-electron chi connectivity index (χ4n) is 3.93. The van der Waals surface area contributed by atoms with Crippen molar-refractivity contribution in [2.24, 2.45) is 11.8 Å². The van der Waals surface area contributed by atoms with E-state index in [9.17, 15) is 14.4 Å². The predicted molar refractivity (Wildman–Crippen MR) is 107 cm³/mol. The maximum absolute atomic E-state index is 12.8. The molecule has 0 bridgehead atoms. The van der Waals surface area contributed by atoms with Crippen LogP contribution in [0.25, 0.3) is 0 Å². The Labute approximate surface area is 168 Å². The number of nitrogens with zero attached hydrogens (tertiary/aromatic N) is 1. The van der Waals surface area contributed by atoms with Gasteiger partial charge in [0.25, 0.3) is 0 Å². The van der Waals surface area contributed by atoms with Gasteiger partial charge in [-0.15, -0.1) is 0 Å². The predicted octanol–water partition coefficient (Wildman–Crippen LogP) is 3.76. The Balaban J connectivity index is 1.51. The summed E-state index contributed by atoms with van der Waals surface area (Å²) in [6.07, 6.45) is 3.27. The number of carbonyl (C=O) groups is 3. The Hall–Kier alpha value is -3.41. The van der Waals surface area contributed by atoms with Gasteiger partial charge in [0.2, 0.25) is 11.8 Å². The van der Waals surface area contributed by atoms with Crippen LogP contribution in [-0.4, -0.2) is 24.9 Å². The van der Waals surface area contributed by atoms with Crippen molar-refractivity contribution >= 4 is 23.5 Å².